The summed E-state index contributed by atoms with van der Waals surface area (Å²) >= 11 is 1.23. The highest BCUT2D eigenvalue weighted by Gasteiger charge is 2.48. The van der Waals surface area contributed by atoms with Gasteiger partial charge in [-0.3, -0.25) is 14.5 Å². The molecule has 1 aliphatic rings. The number of esters is 1. The van der Waals surface area contributed by atoms with Crippen LogP contribution >= 0.6 is 11.3 Å². The van der Waals surface area contributed by atoms with Crippen LogP contribution in [-0.2, 0) is 14.3 Å². The van der Waals surface area contributed by atoms with Crippen LogP contribution in [0.25, 0.3) is 16.0 Å². The fourth-order valence-corrected chi connectivity index (χ4v) is 5.44. The van der Waals surface area contributed by atoms with E-state index in [1.54, 1.807) is 60.7 Å². The van der Waals surface area contributed by atoms with E-state index in [1.807, 2.05) is 13.0 Å². The molecule has 1 aliphatic heterocycles. The van der Waals surface area contributed by atoms with E-state index in [9.17, 15) is 19.5 Å². The van der Waals surface area contributed by atoms with E-state index in [1.165, 1.54) is 30.5 Å². The van der Waals surface area contributed by atoms with Crippen LogP contribution in [0.1, 0.15) is 34.5 Å². The van der Waals surface area contributed by atoms with Crippen molar-refractivity contribution in [2.24, 2.45) is 0 Å². The van der Waals surface area contributed by atoms with Crippen molar-refractivity contribution in [1.29, 1.82) is 0 Å². The normalized spacial score (nSPS) is 16.5. The zero-order chi connectivity index (χ0) is 27.7. The summed E-state index contributed by atoms with van der Waals surface area (Å²) in [5.74, 6) is -1.29. The summed E-state index contributed by atoms with van der Waals surface area (Å²) in [6.45, 7) is 2.38. The summed E-state index contributed by atoms with van der Waals surface area (Å²) in [6.07, 6.45) is 0. The summed E-state index contributed by atoms with van der Waals surface area (Å²) in [4.78, 5) is 44.8. The van der Waals surface area contributed by atoms with Crippen LogP contribution in [-0.4, -0.2) is 48.6 Å². The van der Waals surface area contributed by atoms with Crippen LogP contribution < -0.4 is 14.4 Å². The van der Waals surface area contributed by atoms with E-state index >= 15 is 0 Å². The molecule has 1 amide bonds. The van der Waals surface area contributed by atoms with Gasteiger partial charge in [-0.2, -0.15) is 0 Å². The maximum atomic E-state index is 13.5. The third kappa shape index (κ3) is 4.70. The quantitative estimate of drug-likeness (QED) is 0.148. The van der Waals surface area contributed by atoms with Crippen molar-refractivity contribution in [2.75, 3.05) is 25.7 Å². The predicted molar refractivity (Wildman–Crippen MR) is 146 cm³/mol. The van der Waals surface area contributed by atoms with E-state index in [0.29, 0.717) is 40.3 Å². The second-order valence-corrected chi connectivity index (χ2v) is 9.58. The molecule has 1 aromatic heterocycles. The van der Waals surface area contributed by atoms with Gasteiger partial charge in [0.2, 0.25) is 0 Å². The molecule has 1 saturated heterocycles. The van der Waals surface area contributed by atoms with Gasteiger partial charge < -0.3 is 19.3 Å². The zero-order valence-corrected chi connectivity index (χ0v) is 22.2. The first-order valence-corrected chi connectivity index (χ1v) is 12.8. The lowest BCUT2D eigenvalue weighted by atomic mass is 9.94. The molecule has 9 nitrogen and oxygen atoms in total. The zero-order valence-electron chi connectivity index (χ0n) is 21.3. The van der Waals surface area contributed by atoms with Gasteiger partial charge in [-0.15, -0.1) is 0 Å². The summed E-state index contributed by atoms with van der Waals surface area (Å²) in [5.41, 5.74) is 1.69. The number of hydrogen-bond donors (Lipinski definition) is 1. The molecule has 2 heterocycles. The Bertz CT molecular complexity index is 1610. The number of thiazole rings is 1. The lowest BCUT2D eigenvalue weighted by Crippen LogP contribution is -2.29. The first-order valence-electron chi connectivity index (χ1n) is 12.0. The standard InChI is InChI=1S/C29H24N2O7S/c1-4-38-20-13-14-21-22(15-20)39-29(30-21)31-24(16-5-7-18(8-6-16)28(35)37-3)23(26(33)27(31)34)25(32)17-9-11-19(36-2)12-10-17/h5-15,24,32H,4H2,1-3H3/b25-23+/t24-/m0/s1. The molecule has 10 heteroatoms. The van der Waals surface area contributed by atoms with Crippen LogP contribution in [0.15, 0.2) is 72.3 Å². The predicted octanol–water partition coefficient (Wildman–Crippen LogP) is 5.12. The number of aromatic nitrogens is 1. The second kappa shape index (κ2) is 10.6. The van der Waals surface area contributed by atoms with Crippen LogP contribution in [0.2, 0.25) is 0 Å². The van der Waals surface area contributed by atoms with Crippen molar-refractivity contribution in [3.05, 3.63) is 89.0 Å². The highest BCUT2D eigenvalue weighted by Crippen LogP contribution is 2.44. The number of anilines is 1. The largest absolute Gasteiger partial charge is 0.507 e. The monoisotopic (exact) mass is 544 g/mol. The van der Waals surface area contributed by atoms with Gasteiger partial charge in [0.05, 0.1) is 48.2 Å². The lowest BCUT2D eigenvalue weighted by molar-refractivity contribution is -0.132. The Kier molecular flexibility index (Phi) is 7.03. The minimum absolute atomic E-state index is 0.0924. The summed E-state index contributed by atoms with van der Waals surface area (Å²) < 4.78 is 16.3. The fourth-order valence-electron chi connectivity index (χ4n) is 4.42. The minimum atomic E-state index is -0.995. The summed E-state index contributed by atoms with van der Waals surface area (Å²) in [6, 6.07) is 17.2. The Morgan fingerprint density at radius 3 is 2.28 bits per heavy atom. The molecular formula is C29H24N2O7S. The van der Waals surface area contributed by atoms with E-state index < -0.39 is 23.7 Å². The molecule has 3 aromatic carbocycles. The highest BCUT2D eigenvalue weighted by molar-refractivity contribution is 7.22. The van der Waals surface area contributed by atoms with Crippen LogP contribution in [0.3, 0.4) is 0 Å². The number of amides is 1. The van der Waals surface area contributed by atoms with E-state index in [-0.39, 0.29) is 16.5 Å². The molecule has 0 bridgehead atoms. The van der Waals surface area contributed by atoms with Gasteiger partial charge in [-0.25, -0.2) is 9.78 Å². The van der Waals surface area contributed by atoms with E-state index in [4.69, 9.17) is 14.2 Å². The number of carbonyl (C=O) groups excluding carboxylic acids is 3. The molecule has 4 aromatic rings. The Morgan fingerprint density at radius 2 is 1.64 bits per heavy atom. The lowest BCUT2D eigenvalue weighted by Gasteiger charge is -2.23. The first kappa shape index (κ1) is 25.9. The molecule has 0 saturated carbocycles. The number of carbonyl (C=O) groups is 3. The molecule has 0 aliphatic carbocycles. The number of methoxy groups -OCH3 is 2. The van der Waals surface area contributed by atoms with Gasteiger partial charge in [0.1, 0.15) is 17.3 Å². The van der Waals surface area contributed by atoms with E-state index in [0.717, 1.165) is 4.70 Å². The average Bonchev–Trinajstić information content (AvgIpc) is 3.50. The summed E-state index contributed by atoms with van der Waals surface area (Å²) in [7, 11) is 2.80. The number of benzene rings is 3. The molecule has 1 fully saturated rings. The second-order valence-electron chi connectivity index (χ2n) is 8.57. The van der Waals surface area contributed by atoms with Crippen molar-refractivity contribution in [1.82, 2.24) is 4.98 Å². The Balaban J connectivity index is 1.67. The first-order chi connectivity index (χ1) is 18.9. The number of rotatable bonds is 7. The molecular weight excluding hydrogens is 520 g/mol. The number of ketones is 1. The smallest absolute Gasteiger partial charge is 0.337 e. The van der Waals surface area contributed by atoms with E-state index in [2.05, 4.69) is 4.98 Å². The highest BCUT2D eigenvalue weighted by atomic mass is 32.1. The Hall–Kier alpha value is -4.70. The third-order valence-electron chi connectivity index (χ3n) is 6.32. The van der Waals surface area contributed by atoms with Crippen molar-refractivity contribution in [2.45, 2.75) is 13.0 Å². The van der Waals surface area contributed by atoms with Crippen molar-refractivity contribution in [3.63, 3.8) is 0 Å². The van der Waals surface area contributed by atoms with Crippen LogP contribution in [0, 0.1) is 0 Å². The van der Waals surface area contributed by atoms with Gasteiger partial charge in [0.15, 0.2) is 5.13 Å². The van der Waals surface area contributed by atoms with Gasteiger partial charge >= 0.3 is 11.9 Å². The number of aliphatic hydroxyl groups excluding tert-OH is 1. The third-order valence-corrected chi connectivity index (χ3v) is 7.34. The van der Waals surface area contributed by atoms with Crippen LogP contribution in [0.4, 0.5) is 5.13 Å². The number of aliphatic hydroxyl groups is 1. The number of ether oxygens (including phenoxy) is 3. The SMILES string of the molecule is CCOc1ccc2nc(N3C(=O)C(=O)/C(=C(/O)c4ccc(OC)cc4)[C@@H]3c3ccc(C(=O)OC)cc3)sc2c1. The maximum absolute atomic E-state index is 13.5. The van der Waals surface area contributed by atoms with Crippen molar-refractivity contribution < 1.29 is 33.7 Å². The molecule has 1 N–H and O–H groups in total. The molecule has 5 rings (SSSR count). The van der Waals surface area contributed by atoms with Crippen molar-refractivity contribution in [3.8, 4) is 11.5 Å². The number of Topliss-reactive ketones (excluding diaryl/α,β-unsaturated/α-hetero) is 1. The number of nitrogens with zero attached hydrogens (tertiary/aromatic N) is 2. The van der Waals surface area contributed by atoms with Gasteiger partial charge in [0, 0.05) is 5.56 Å². The Morgan fingerprint density at radius 1 is 0.974 bits per heavy atom. The minimum Gasteiger partial charge on any atom is -0.507 e. The van der Waals surface area contributed by atoms with Gasteiger partial charge in [-0.1, -0.05) is 23.5 Å². The molecule has 39 heavy (non-hydrogen) atoms. The molecule has 0 radical (unpaired) electrons. The molecule has 1 atom stereocenters. The molecule has 0 unspecified atom stereocenters. The summed E-state index contributed by atoms with van der Waals surface area (Å²) in [5, 5.41) is 11.6. The average molecular weight is 545 g/mol. The Labute approximate surface area is 227 Å². The topological polar surface area (TPSA) is 115 Å². The number of fused-ring (bicyclic) bond motifs is 1. The number of hydrogen-bond acceptors (Lipinski definition) is 9. The van der Waals surface area contributed by atoms with Gasteiger partial charge in [0.25, 0.3) is 5.78 Å². The molecule has 0 spiro atoms. The van der Waals surface area contributed by atoms with Crippen molar-refractivity contribution >= 4 is 50.1 Å². The van der Waals surface area contributed by atoms with Crippen LogP contribution in [0.5, 0.6) is 11.5 Å². The van der Waals surface area contributed by atoms with Gasteiger partial charge in [-0.05, 0) is 67.1 Å². The fraction of sp³-hybridized carbons (Fsp3) is 0.172. The maximum Gasteiger partial charge on any atom is 0.337 e. The molecule has 198 valence electrons.